The Balaban J connectivity index is 2.93. The maximum absolute atomic E-state index is 8.75. The van der Waals surface area contributed by atoms with E-state index >= 15 is 0 Å². The third-order valence-corrected chi connectivity index (χ3v) is 2.31. The van der Waals surface area contributed by atoms with E-state index < -0.39 is 0 Å². The van der Waals surface area contributed by atoms with E-state index in [2.05, 4.69) is 32.9 Å². The first-order chi connectivity index (χ1) is 5.54. The molecule has 1 aromatic rings. The average molecular weight is 182 g/mol. The predicted octanol–water partition coefficient (Wildman–Crippen LogP) is 3.55. The van der Waals surface area contributed by atoms with Gasteiger partial charge in [-0.15, -0.1) is 0 Å². The summed E-state index contributed by atoms with van der Waals surface area (Å²) in [5, 5.41) is 0. The minimum Gasteiger partial charge on any atom is -0.325 e. The molecule has 0 spiro atoms. The van der Waals surface area contributed by atoms with Crippen LogP contribution in [-0.2, 0) is 5.41 Å². The lowest BCUT2D eigenvalue weighted by Crippen LogP contribution is -2.10. The van der Waals surface area contributed by atoms with Crippen molar-refractivity contribution in [1.82, 2.24) is 0 Å². The fraction of sp³-hybridized carbons (Fsp3) is 0.400. The maximum Gasteiger partial charge on any atom is 0.0351 e. The van der Waals surface area contributed by atoms with Gasteiger partial charge in [-0.3, -0.25) is 0 Å². The Morgan fingerprint density at radius 2 is 1.58 bits per heavy atom. The molecule has 0 atom stereocenters. The van der Waals surface area contributed by atoms with Crippen LogP contribution in [0.4, 0.5) is 0 Å². The molecule has 1 aromatic carbocycles. The molecular formula is C10H14OS. The first-order valence-corrected chi connectivity index (χ1v) is 4.73. The van der Waals surface area contributed by atoms with Gasteiger partial charge in [0.05, 0.1) is 0 Å². The van der Waals surface area contributed by atoms with Gasteiger partial charge in [-0.25, -0.2) is 0 Å². The lowest BCUT2D eigenvalue weighted by Gasteiger charge is -2.18. The zero-order chi connectivity index (χ0) is 9.19. The van der Waals surface area contributed by atoms with E-state index in [0.717, 1.165) is 16.9 Å². The van der Waals surface area contributed by atoms with Crippen molar-refractivity contribution in [2.75, 3.05) is 0 Å². The maximum atomic E-state index is 8.75. The summed E-state index contributed by atoms with van der Waals surface area (Å²) < 4.78 is 8.75. The zero-order valence-electron chi connectivity index (χ0n) is 7.66. The van der Waals surface area contributed by atoms with Gasteiger partial charge in [0.2, 0.25) is 0 Å². The molecule has 0 heterocycles. The average Bonchev–Trinajstić information content (AvgIpc) is 2.03. The summed E-state index contributed by atoms with van der Waals surface area (Å²) in [5.41, 5.74) is 1.49. The Morgan fingerprint density at radius 3 is 1.92 bits per heavy atom. The summed E-state index contributed by atoms with van der Waals surface area (Å²) in [5.74, 6) is 0. The van der Waals surface area contributed by atoms with Crippen molar-refractivity contribution in [3.05, 3.63) is 29.8 Å². The molecule has 0 unspecified atom stereocenters. The highest BCUT2D eigenvalue weighted by Gasteiger charge is 2.12. The summed E-state index contributed by atoms with van der Waals surface area (Å²) >= 11 is 0.788. The van der Waals surface area contributed by atoms with Crippen LogP contribution >= 0.6 is 12.0 Å². The molecule has 0 bridgehead atoms. The van der Waals surface area contributed by atoms with Crippen LogP contribution in [0.1, 0.15) is 26.3 Å². The molecule has 1 nitrogen and oxygen atoms in total. The van der Waals surface area contributed by atoms with Crippen LogP contribution in [0.3, 0.4) is 0 Å². The van der Waals surface area contributed by atoms with Crippen molar-refractivity contribution in [2.45, 2.75) is 31.1 Å². The summed E-state index contributed by atoms with van der Waals surface area (Å²) in [4.78, 5) is 0.892. The van der Waals surface area contributed by atoms with Crippen molar-refractivity contribution >= 4 is 12.0 Å². The normalized spacial score (nSPS) is 11.7. The van der Waals surface area contributed by atoms with Crippen LogP contribution < -0.4 is 0 Å². The molecule has 0 fully saturated rings. The van der Waals surface area contributed by atoms with Gasteiger partial charge in [0, 0.05) is 16.9 Å². The fourth-order valence-corrected chi connectivity index (χ4v) is 1.27. The third-order valence-electron chi connectivity index (χ3n) is 1.83. The molecule has 0 aliphatic carbocycles. The monoisotopic (exact) mass is 182 g/mol. The second kappa shape index (κ2) is 3.50. The van der Waals surface area contributed by atoms with Gasteiger partial charge in [-0.2, -0.15) is 0 Å². The van der Waals surface area contributed by atoms with E-state index in [1.54, 1.807) is 0 Å². The van der Waals surface area contributed by atoms with Crippen LogP contribution in [0.2, 0.25) is 0 Å². The quantitative estimate of drug-likeness (QED) is 0.670. The Hall–Kier alpha value is -0.470. The zero-order valence-corrected chi connectivity index (χ0v) is 8.48. The fourth-order valence-electron chi connectivity index (χ4n) is 1.02. The molecule has 0 saturated heterocycles. The molecule has 0 aromatic heterocycles. The number of hydrogen-bond acceptors (Lipinski definition) is 2. The van der Waals surface area contributed by atoms with Crippen LogP contribution in [0.5, 0.6) is 0 Å². The van der Waals surface area contributed by atoms with Gasteiger partial charge in [0.15, 0.2) is 0 Å². The molecule has 66 valence electrons. The van der Waals surface area contributed by atoms with Gasteiger partial charge < -0.3 is 4.55 Å². The molecule has 0 aliphatic rings. The molecule has 1 rings (SSSR count). The minimum atomic E-state index is 0.193. The highest BCUT2D eigenvalue weighted by Crippen LogP contribution is 2.24. The summed E-state index contributed by atoms with van der Waals surface area (Å²) in [6.45, 7) is 6.52. The van der Waals surface area contributed by atoms with Crippen molar-refractivity contribution in [3.63, 3.8) is 0 Å². The molecule has 0 amide bonds. The van der Waals surface area contributed by atoms with E-state index in [4.69, 9.17) is 4.55 Å². The second-order valence-electron chi connectivity index (χ2n) is 3.87. The van der Waals surface area contributed by atoms with Crippen LogP contribution in [0, 0.1) is 0 Å². The Bertz CT molecular complexity index is 246. The SMILES string of the molecule is CC(C)(C)c1ccc(SO)cc1. The Kier molecular flexibility index (Phi) is 2.80. The standard InChI is InChI=1S/C10H14OS/c1-10(2,3)8-4-6-9(12-11)7-5-8/h4-7,11H,1-3H3. The van der Waals surface area contributed by atoms with Crippen molar-refractivity contribution in [2.24, 2.45) is 0 Å². The van der Waals surface area contributed by atoms with E-state index in [-0.39, 0.29) is 5.41 Å². The molecule has 2 heteroatoms. The van der Waals surface area contributed by atoms with E-state index in [9.17, 15) is 0 Å². The Morgan fingerprint density at radius 1 is 1.08 bits per heavy atom. The van der Waals surface area contributed by atoms with Crippen LogP contribution in [-0.4, -0.2) is 4.55 Å². The highest BCUT2D eigenvalue weighted by molar-refractivity contribution is 7.93. The smallest absolute Gasteiger partial charge is 0.0351 e. The van der Waals surface area contributed by atoms with Gasteiger partial charge in [-0.05, 0) is 23.1 Å². The first-order valence-electron chi connectivity index (χ1n) is 3.96. The van der Waals surface area contributed by atoms with Crippen molar-refractivity contribution < 1.29 is 4.55 Å². The molecule has 0 aliphatic heterocycles. The molecule has 12 heavy (non-hydrogen) atoms. The summed E-state index contributed by atoms with van der Waals surface area (Å²) in [7, 11) is 0. The lowest BCUT2D eigenvalue weighted by atomic mass is 9.87. The largest absolute Gasteiger partial charge is 0.325 e. The molecular weight excluding hydrogens is 168 g/mol. The van der Waals surface area contributed by atoms with Gasteiger partial charge >= 0.3 is 0 Å². The van der Waals surface area contributed by atoms with Crippen molar-refractivity contribution in [3.8, 4) is 0 Å². The first kappa shape index (κ1) is 9.62. The molecule has 0 radical (unpaired) electrons. The predicted molar refractivity (Wildman–Crippen MR) is 53.6 cm³/mol. The number of rotatable bonds is 1. The van der Waals surface area contributed by atoms with E-state index in [1.165, 1.54) is 5.56 Å². The minimum absolute atomic E-state index is 0.193. The van der Waals surface area contributed by atoms with Gasteiger partial charge in [-0.1, -0.05) is 32.9 Å². The number of hydrogen-bond donors (Lipinski definition) is 1. The summed E-state index contributed by atoms with van der Waals surface area (Å²) in [6.07, 6.45) is 0. The van der Waals surface area contributed by atoms with Crippen LogP contribution in [0.15, 0.2) is 29.2 Å². The molecule has 1 N–H and O–H groups in total. The highest BCUT2D eigenvalue weighted by atomic mass is 32.2. The lowest BCUT2D eigenvalue weighted by molar-refractivity contribution is 0.589. The third kappa shape index (κ3) is 2.26. The Labute approximate surface area is 78.0 Å². The molecule has 0 saturated carbocycles. The summed E-state index contributed by atoms with van der Waals surface area (Å²) in [6, 6.07) is 7.98. The van der Waals surface area contributed by atoms with E-state index in [1.807, 2.05) is 12.1 Å². The van der Waals surface area contributed by atoms with Crippen LogP contribution in [0.25, 0.3) is 0 Å². The van der Waals surface area contributed by atoms with Gasteiger partial charge in [0.25, 0.3) is 0 Å². The van der Waals surface area contributed by atoms with E-state index in [0.29, 0.717) is 0 Å². The van der Waals surface area contributed by atoms with Gasteiger partial charge in [0.1, 0.15) is 0 Å². The second-order valence-corrected chi connectivity index (χ2v) is 4.52. The number of benzene rings is 1. The van der Waals surface area contributed by atoms with Crippen molar-refractivity contribution in [1.29, 1.82) is 0 Å². The topological polar surface area (TPSA) is 20.2 Å².